The number of carbonyl (C=O) groups is 1. The quantitative estimate of drug-likeness (QED) is 0.624. The molecule has 0 heterocycles. The van der Waals surface area contributed by atoms with Gasteiger partial charge in [-0.25, -0.2) is 0 Å². The molecule has 12 heavy (non-hydrogen) atoms. The summed E-state index contributed by atoms with van der Waals surface area (Å²) in [5, 5.41) is 8.42. The fraction of sp³-hybridized carbons (Fsp3) is 0.571. The van der Waals surface area contributed by atoms with Crippen LogP contribution in [0.2, 0.25) is 0 Å². The van der Waals surface area contributed by atoms with Crippen molar-refractivity contribution in [3.63, 3.8) is 0 Å². The molecule has 2 atom stereocenters. The Kier molecular flexibility index (Phi) is 8.26. The highest BCUT2D eigenvalue weighted by atomic mass is 35.5. The van der Waals surface area contributed by atoms with Gasteiger partial charge in [0.15, 0.2) is 0 Å². The van der Waals surface area contributed by atoms with Crippen molar-refractivity contribution < 1.29 is 14.6 Å². The zero-order valence-electron chi connectivity index (χ0n) is 6.90. The zero-order chi connectivity index (χ0) is 8.85. The SMILES string of the molecule is C=CCO[C@H](C)[C@H](N)C(=O)O.Cl. The van der Waals surface area contributed by atoms with Crippen LogP contribution >= 0.6 is 12.4 Å². The highest BCUT2D eigenvalue weighted by Crippen LogP contribution is 1.95. The third-order valence-electron chi connectivity index (χ3n) is 1.27. The number of halogens is 1. The van der Waals surface area contributed by atoms with Gasteiger partial charge in [0.25, 0.3) is 0 Å². The maximum absolute atomic E-state index is 10.3. The van der Waals surface area contributed by atoms with Crippen LogP contribution in [-0.4, -0.2) is 29.8 Å². The fourth-order valence-corrected chi connectivity index (χ4v) is 0.524. The Morgan fingerprint density at radius 2 is 2.33 bits per heavy atom. The van der Waals surface area contributed by atoms with E-state index in [0.29, 0.717) is 6.61 Å². The second-order valence-electron chi connectivity index (χ2n) is 2.19. The van der Waals surface area contributed by atoms with Crippen molar-refractivity contribution in [1.29, 1.82) is 0 Å². The van der Waals surface area contributed by atoms with E-state index in [1.807, 2.05) is 0 Å². The molecule has 4 nitrogen and oxygen atoms in total. The minimum Gasteiger partial charge on any atom is -0.480 e. The average Bonchev–Trinajstić information content (AvgIpc) is 1.98. The Hall–Kier alpha value is -0.580. The highest BCUT2D eigenvalue weighted by Gasteiger charge is 2.19. The Morgan fingerprint density at radius 1 is 1.83 bits per heavy atom. The van der Waals surface area contributed by atoms with Crippen LogP contribution in [0.25, 0.3) is 0 Å². The van der Waals surface area contributed by atoms with Crippen LogP contribution in [0, 0.1) is 0 Å². The lowest BCUT2D eigenvalue weighted by molar-refractivity contribution is -0.141. The second-order valence-corrected chi connectivity index (χ2v) is 2.19. The molecule has 0 radical (unpaired) electrons. The number of ether oxygens (including phenoxy) is 1. The van der Waals surface area contributed by atoms with Gasteiger partial charge in [-0.2, -0.15) is 0 Å². The van der Waals surface area contributed by atoms with Crippen molar-refractivity contribution in [2.75, 3.05) is 6.61 Å². The minimum absolute atomic E-state index is 0. The summed E-state index contributed by atoms with van der Waals surface area (Å²) in [5.74, 6) is -1.05. The summed E-state index contributed by atoms with van der Waals surface area (Å²) in [5.41, 5.74) is 5.24. The number of carboxylic acid groups (broad SMARTS) is 1. The highest BCUT2D eigenvalue weighted by molar-refractivity contribution is 5.85. The number of hydrogen-bond acceptors (Lipinski definition) is 3. The molecule has 0 rings (SSSR count). The zero-order valence-corrected chi connectivity index (χ0v) is 7.71. The van der Waals surface area contributed by atoms with Gasteiger partial charge in [-0.1, -0.05) is 6.08 Å². The molecule has 0 saturated carbocycles. The van der Waals surface area contributed by atoms with Gasteiger partial charge in [-0.3, -0.25) is 4.79 Å². The third-order valence-corrected chi connectivity index (χ3v) is 1.27. The van der Waals surface area contributed by atoms with Crippen molar-refractivity contribution in [3.05, 3.63) is 12.7 Å². The normalized spacial score (nSPS) is 14.2. The lowest BCUT2D eigenvalue weighted by Gasteiger charge is -2.15. The van der Waals surface area contributed by atoms with Gasteiger partial charge in [0.05, 0.1) is 12.7 Å². The Morgan fingerprint density at radius 3 is 2.67 bits per heavy atom. The molecule has 0 saturated heterocycles. The number of nitrogens with two attached hydrogens (primary N) is 1. The van der Waals surface area contributed by atoms with E-state index in [-0.39, 0.29) is 12.4 Å². The molecule has 0 aromatic heterocycles. The molecule has 0 fully saturated rings. The van der Waals surface area contributed by atoms with Gasteiger partial charge in [-0.05, 0) is 6.92 Å². The van der Waals surface area contributed by atoms with Crippen LogP contribution in [0.5, 0.6) is 0 Å². The van der Waals surface area contributed by atoms with Crippen molar-refractivity contribution in [3.8, 4) is 0 Å². The third kappa shape index (κ3) is 5.12. The van der Waals surface area contributed by atoms with E-state index in [0.717, 1.165) is 0 Å². The van der Waals surface area contributed by atoms with Crippen molar-refractivity contribution in [2.45, 2.75) is 19.1 Å². The van der Waals surface area contributed by atoms with E-state index >= 15 is 0 Å². The largest absolute Gasteiger partial charge is 0.480 e. The standard InChI is InChI=1S/C7H13NO3.ClH/c1-3-4-11-5(2)6(8)7(9)10;/h3,5-6H,1,4,8H2,2H3,(H,9,10);1H/t5-,6+;/m1./s1. The van der Waals surface area contributed by atoms with Crippen molar-refractivity contribution in [1.82, 2.24) is 0 Å². The minimum atomic E-state index is -1.05. The molecular weight excluding hydrogens is 182 g/mol. The summed E-state index contributed by atoms with van der Waals surface area (Å²) in [6, 6.07) is -0.963. The Labute approximate surface area is 77.8 Å². The topological polar surface area (TPSA) is 72.5 Å². The van der Waals surface area contributed by atoms with Crippen molar-refractivity contribution >= 4 is 18.4 Å². The van der Waals surface area contributed by atoms with Crippen LogP contribution in [0.15, 0.2) is 12.7 Å². The van der Waals surface area contributed by atoms with Crippen LogP contribution in [0.1, 0.15) is 6.92 Å². The molecule has 0 bridgehead atoms. The van der Waals surface area contributed by atoms with E-state index in [9.17, 15) is 4.79 Å². The lowest BCUT2D eigenvalue weighted by Crippen LogP contribution is -2.41. The molecule has 0 aliphatic heterocycles. The van der Waals surface area contributed by atoms with Crippen LogP contribution in [0.3, 0.4) is 0 Å². The molecule has 0 aliphatic rings. The molecule has 0 aliphatic carbocycles. The summed E-state index contributed by atoms with van der Waals surface area (Å²) < 4.78 is 4.99. The molecule has 0 aromatic carbocycles. The van der Waals surface area contributed by atoms with Gasteiger partial charge in [0.2, 0.25) is 0 Å². The van der Waals surface area contributed by atoms with Crippen LogP contribution < -0.4 is 5.73 Å². The summed E-state index contributed by atoms with van der Waals surface area (Å²) >= 11 is 0. The van der Waals surface area contributed by atoms with Crippen LogP contribution in [0.4, 0.5) is 0 Å². The molecule has 5 heteroatoms. The summed E-state index contributed by atoms with van der Waals surface area (Å²) in [7, 11) is 0. The van der Waals surface area contributed by atoms with Gasteiger partial charge in [0.1, 0.15) is 6.04 Å². The van der Waals surface area contributed by atoms with E-state index in [1.165, 1.54) is 0 Å². The van der Waals surface area contributed by atoms with E-state index in [1.54, 1.807) is 13.0 Å². The lowest BCUT2D eigenvalue weighted by atomic mass is 10.2. The first-order chi connectivity index (χ1) is 5.09. The maximum atomic E-state index is 10.3. The molecule has 3 N–H and O–H groups in total. The van der Waals surface area contributed by atoms with Crippen LogP contribution in [-0.2, 0) is 9.53 Å². The summed E-state index contributed by atoms with van der Waals surface area (Å²) in [6.45, 7) is 5.36. The van der Waals surface area contributed by atoms with Gasteiger partial charge in [0, 0.05) is 0 Å². The molecule has 0 unspecified atom stereocenters. The first-order valence-corrected chi connectivity index (χ1v) is 3.30. The van der Waals surface area contributed by atoms with Gasteiger partial charge >= 0.3 is 5.97 Å². The molecule has 0 spiro atoms. The van der Waals surface area contributed by atoms with Gasteiger partial charge in [-0.15, -0.1) is 19.0 Å². The van der Waals surface area contributed by atoms with Crippen molar-refractivity contribution in [2.24, 2.45) is 5.73 Å². The first kappa shape index (κ1) is 14.0. The second kappa shape index (κ2) is 7.09. The number of aliphatic carboxylic acids is 1. The fourth-order valence-electron chi connectivity index (χ4n) is 0.524. The molecule has 72 valence electrons. The van der Waals surface area contributed by atoms with Gasteiger partial charge < -0.3 is 15.6 Å². The van der Waals surface area contributed by atoms with E-state index in [4.69, 9.17) is 15.6 Å². The number of hydrogen-bond donors (Lipinski definition) is 2. The average molecular weight is 196 g/mol. The number of rotatable bonds is 5. The molecular formula is C7H14ClNO3. The maximum Gasteiger partial charge on any atom is 0.323 e. The predicted octanol–water partition coefficient (Wildman–Crippen LogP) is 0.411. The van der Waals surface area contributed by atoms with E-state index in [2.05, 4.69) is 6.58 Å². The monoisotopic (exact) mass is 195 g/mol. The first-order valence-electron chi connectivity index (χ1n) is 3.30. The summed E-state index contributed by atoms with van der Waals surface area (Å²) in [6.07, 6.45) is 1.07. The molecule has 0 aromatic rings. The predicted molar refractivity (Wildman–Crippen MR) is 48.5 cm³/mol. The number of carboxylic acids is 1. The summed E-state index contributed by atoms with van der Waals surface area (Å²) in [4.78, 5) is 10.3. The Bertz CT molecular complexity index is 152. The molecule has 0 amide bonds. The smallest absolute Gasteiger partial charge is 0.323 e. The van der Waals surface area contributed by atoms with E-state index < -0.39 is 18.1 Å². The Balaban J connectivity index is 0.